The molecular weight excluding hydrogens is 250 g/mol. The number of guanidine groups is 1. The van der Waals surface area contributed by atoms with Crippen LogP contribution < -0.4 is 5.73 Å². The molecule has 1 atom stereocenters. The third-order valence-electron chi connectivity index (χ3n) is 3.96. The number of nitrogens with two attached hydrogens (primary N) is 1. The lowest BCUT2D eigenvalue weighted by atomic mass is 10.00. The largest absolute Gasteiger partial charge is 0.386 e. The summed E-state index contributed by atoms with van der Waals surface area (Å²) in [6.07, 6.45) is 1.74. The fourth-order valence-electron chi connectivity index (χ4n) is 2.50. The van der Waals surface area contributed by atoms with E-state index in [9.17, 15) is 5.11 Å². The van der Waals surface area contributed by atoms with Gasteiger partial charge in [0.25, 0.3) is 0 Å². The van der Waals surface area contributed by atoms with Crippen LogP contribution >= 0.6 is 0 Å². The highest BCUT2D eigenvalue weighted by Gasteiger charge is 2.17. The van der Waals surface area contributed by atoms with Gasteiger partial charge in [0, 0.05) is 13.1 Å². The van der Waals surface area contributed by atoms with E-state index in [4.69, 9.17) is 5.73 Å². The fourth-order valence-corrected chi connectivity index (χ4v) is 2.50. The molecule has 1 aliphatic rings. The van der Waals surface area contributed by atoms with E-state index in [0.717, 1.165) is 43.0 Å². The molecule has 1 aromatic rings. The van der Waals surface area contributed by atoms with E-state index >= 15 is 0 Å². The van der Waals surface area contributed by atoms with Crippen molar-refractivity contribution in [2.75, 3.05) is 19.6 Å². The van der Waals surface area contributed by atoms with Gasteiger partial charge in [-0.15, -0.1) is 0 Å². The molecule has 0 spiro atoms. The van der Waals surface area contributed by atoms with Gasteiger partial charge < -0.3 is 15.7 Å². The number of aliphatic hydroxyl groups excluding tert-OH is 1. The highest BCUT2D eigenvalue weighted by atomic mass is 16.3. The summed E-state index contributed by atoms with van der Waals surface area (Å²) in [7, 11) is 0. The van der Waals surface area contributed by atoms with Gasteiger partial charge >= 0.3 is 0 Å². The van der Waals surface area contributed by atoms with Crippen LogP contribution in [0.1, 0.15) is 37.0 Å². The molecule has 0 radical (unpaired) electrons. The van der Waals surface area contributed by atoms with Crippen LogP contribution in [0.2, 0.25) is 0 Å². The second kappa shape index (κ2) is 6.75. The lowest BCUT2D eigenvalue weighted by molar-refractivity contribution is 0.186. The van der Waals surface area contributed by atoms with Crippen molar-refractivity contribution < 1.29 is 5.11 Å². The molecule has 0 aromatic heterocycles. The van der Waals surface area contributed by atoms with Gasteiger partial charge in [0.2, 0.25) is 0 Å². The summed E-state index contributed by atoms with van der Waals surface area (Å²) in [6.45, 7) is 6.55. The quantitative estimate of drug-likeness (QED) is 0.656. The van der Waals surface area contributed by atoms with Gasteiger partial charge in [0.1, 0.15) is 0 Å². The van der Waals surface area contributed by atoms with Gasteiger partial charge in [-0.05, 0) is 31.2 Å². The Labute approximate surface area is 121 Å². The van der Waals surface area contributed by atoms with Gasteiger partial charge in [0.15, 0.2) is 5.96 Å². The second-order valence-corrected chi connectivity index (χ2v) is 5.80. The Bertz CT molecular complexity index is 465. The van der Waals surface area contributed by atoms with Crippen LogP contribution in [0.15, 0.2) is 29.3 Å². The molecule has 110 valence electrons. The van der Waals surface area contributed by atoms with Crippen LogP contribution in [0.3, 0.4) is 0 Å². The van der Waals surface area contributed by atoms with Crippen molar-refractivity contribution in [2.24, 2.45) is 16.6 Å². The first-order chi connectivity index (χ1) is 9.56. The van der Waals surface area contributed by atoms with Crippen molar-refractivity contribution in [3.63, 3.8) is 0 Å². The van der Waals surface area contributed by atoms with Gasteiger partial charge in [0.05, 0.1) is 12.6 Å². The fraction of sp³-hybridized carbons (Fsp3) is 0.562. The second-order valence-electron chi connectivity index (χ2n) is 5.80. The zero-order valence-corrected chi connectivity index (χ0v) is 12.4. The number of likely N-dealkylation sites (tertiary alicyclic amines) is 1. The maximum atomic E-state index is 10.2. The predicted octanol–water partition coefficient (Wildman–Crippen LogP) is 2.08. The molecule has 1 aromatic carbocycles. The van der Waals surface area contributed by atoms with Crippen molar-refractivity contribution >= 4 is 5.96 Å². The predicted molar refractivity (Wildman–Crippen MR) is 82.6 cm³/mol. The summed E-state index contributed by atoms with van der Waals surface area (Å²) < 4.78 is 0. The third-order valence-corrected chi connectivity index (χ3v) is 3.96. The highest BCUT2D eigenvalue weighted by molar-refractivity contribution is 5.78. The van der Waals surface area contributed by atoms with Crippen LogP contribution in [0.5, 0.6) is 0 Å². The van der Waals surface area contributed by atoms with E-state index in [1.165, 1.54) is 0 Å². The third kappa shape index (κ3) is 3.97. The minimum atomic E-state index is -0.586. The van der Waals surface area contributed by atoms with Gasteiger partial charge in [-0.3, -0.25) is 4.99 Å². The van der Waals surface area contributed by atoms with Gasteiger partial charge in [-0.2, -0.15) is 0 Å². The van der Waals surface area contributed by atoms with E-state index in [-0.39, 0.29) is 0 Å². The number of hydrogen-bond donors (Lipinski definition) is 2. The average Bonchev–Trinajstić information content (AvgIpc) is 2.45. The summed E-state index contributed by atoms with van der Waals surface area (Å²) in [6, 6.07) is 7.88. The van der Waals surface area contributed by atoms with Crippen LogP contribution in [-0.2, 0) is 0 Å². The van der Waals surface area contributed by atoms with E-state index in [2.05, 4.69) is 16.8 Å². The Morgan fingerprint density at radius 1 is 1.45 bits per heavy atom. The molecule has 20 heavy (non-hydrogen) atoms. The minimum absolute atomic E-state index is 0.321. The van der Waals surface area contributed by atoms with Crippen molar-refractivity contribution in [1.82, 2.24) is 4.90 Å². The maximum absolute atomic E-state index is 10.2. The standard InChI is InChI=1S/C16H25N3O/c1-12-6-8-19(9-7-12)16(17)18-11-15(20)14-5-3-4-13(2)10-14/h3-5,10,12,15,20H,6-9,11H2,1-2H3,(H2,17,18). The molecule has 0 amide bonds. The Kier molecular flexibility index (Phi) is 5.01. The van der Waals surface area contributed by atoms with E-state index < -0.39 is 6.10 Å². The Hall–Kier alpha value is -1.55. The van der Waals surface area contributed by atoms with Crippen LogP contribution in [-0.4, -0.2) is 35.6 Å². The molecule has 2 rings (SSSR count). The lowest BCUT2D eigenvalue weighted by Gasteiger charge is -2.31. The molecule has 0 saturated carbocycles. The molecule has 4 heteroatoms. The summed E-state index contributed by atoms with van der Waals surface area (Å²) in [5, 5.41) is 10.2. The molecule has 1 heterocycles. The molecule has 0 aliphatic carbocycles. The number of rotatable bonds is 3. The zero-order chi connectivity index (χ0) is 14.5. The molecule has 1 unspecified atom stereocenters. The number of hydrogen-bond acceptors (Lipinski definition) is 2. The number of aliphatic imine (C=N–C) groups is 1. The van der Waals surface area contributed by atoms with Crippen LogP contribution in [0.4, 0.5) is 0 Å². The highest BCUT2D eigenvalue weighted by Crippen LogP contribution is 2.17. The summed E-state index contributed by atoms with van der Waals surface area (Å²) in [4.78, 5) is 6.46. The zero-order valence-electron chi connectivity index (χ0n) is 12.4. The van der Waals surface area contributed by atoms with Crippen LogP contribution in [0.25, 0.3) is 0 Å². The Balaban J connectivity index is 1.91. The van der Waals surface area contributed by atoms with Crippen molar-refractivity contribution in [1.29, 1.82) is 0 Å². The van der Waals surface area contributed by atoms with Crippen LogP contribution in [0, 0.1) is 12.8 Å². The molecular formula is C16H25N3O. The first-order valence-electron chi connectivity index (χ1n) is 7.35. The summed E-state index contributed by atoms with van der Waals surface area (Å²) >= 11 is 0. The molecule has 3 N–H and O–H groups in total. The number of piperidine rings is 1. The van der Waals surface area contributed by atoms with Crippen molar-refractivity contribution in [2.45, 2.75) is 32.8 Å². The average molecular weight is 275 g/mol. The SMILES string of the molecule is Cc1cccc(C(O)CN=C(N)N2CCC(C)CC2)c1. The summed E-state index contributed by atoms with van der Waals surface area (Å²) in [5.41, 5.74) is 8.05. The van der Waals surface area contributed by atoms with E-state index in [0.29, 0.717) is 12.5 Å². The monoisotopic (exact) mass is 275 g/mol. The number of aliphatic hydroxyl groups is 1. The maximum Gasteiger partial charge on any atom is 0.191 e. The first kappa shape index (κ1) is 14.9. The van der Waals surface area contributed by atoms with E-state index in [1.54, 1.807) is 0 Å². The number of nitrogens with zero attached hydrogens (tertiary/aromatic N) is 2. The molecule has 1 aliphatic heterocycles. The normalized spacial score (nSPS) is 19.1. The minimum Gasteiger partial charge on any atom is -0.386 e. The topological polar surface area (TPSA) is 61.9 Å². The molecule has 1 fully saturated rings. The Morgan fingerprint density at radius 3 is 2.80 bits per heavy atom. The lowest BCUT2D eigenvalue weighted by Crippen LogP contribution is -2.42. The van der Waals surface area contributed by atoms with Gasteiger partial charge in [-0.1, -0.05) is 36.8 Å². The van der Waals surface area contributed by atoms with Crippen molar-refractivity contribution in [3.8, 4) is 0 Å². The first-order valence-corrected chi connectivity index (χ1v) is 7.35. The Morgan fingerprint density at radius 2 is 2.15 bits per heavy atom. The van der Waals surface area contributed by atoms with E-state index in [1.807, 2.05) is 31.2 Å². The molecule has 0 bridgehead atoms. The van der Waals surface area contributed by atoms with Gasteiger partial charge in [-0.25, -0.2) is 0 Å². The smallest absolute Gasteiger partial charge is 0.191 e. The number of aryl methyl sites for hydroxylation is 1. The van der Waals surface area contributed by atoms with Crippen molar-refractivity contribution in [3.05, 3.63) is 35.4 Å². The number of benzene rings is 1. The molecule has 1 saturated heterocycles. The summed E-state index contributed by atoms with van der Waals surface area (Å²) in [5.74, 6) is 1.33. The molecule has 4 nitrogen and oxygen atoms in total.